The molecule has 0 aliphatic carbocycles. The van der Waals surface area contributed by atoms with Crippen LogP contribution in [0.4, 0.5) is 10.1 Å². The van der Waals surface area contributed by atoms with E-state index in [4.69, 9.17) is 0 Å². The molecule has 1 aliphatic rings. The lowest BCUT2D eigenvalue weighted by Gasteiger charge is -2.09. The minimum Gasteiger partial charge on any atom is -0.322 e. The number of rotatable bonds is 4. The smallest absolute Gasteiger partial charge is 0.266 e. The number of benzene rings is 2. The number of imidazole rings is 1. The molecule has 5 heteroatoms. The SMILES string of the molecule is Cc1cccc(NC(=O)C[n+]2cc(-c3ccc(F)cc3)n3c2CCC3)c1C. The van der Waals surface area contributed by atoms with E-state index in [9.17, 15) is 9.18 Å². The summed E-state index contributed by atoms with van der Waals surface area (Å²) in [5.74, 6) is 0.859. The van der Waals surface area contributed by atoms with E-state index in [1.54, 1.807) is 12.1 Å². The number of fused-ring (bicyclic) bond motifs is 1. The number of carbonyl (C=O) groups excluding carboxylic acids is 1. The molecule has 4 rings (SSSR count). The summed E-state index contributed by atoms with van der Waals surface area (Å²) in [4.78, 5) is 12.6. The molecule has 1 aromatic heterocycles. The van der Waals surface area contributed by atoms with Gasteiger partial charge in [-0.3, -0.25) is 4.79 Å². The number of amides is 1. The number of halogens is 1. The summed E-state index contributed by atoms with van der Waals surface area (Å²) in [6.45, 7) is 5.24. The van der Waals surface area contributed by atoms with Crippen LogP contribution < -0.4 is 9.88 Å². The average Bonchev–Trinajstić information content (AvgIpc) is 3.24. The molecule has 27 heavy (non-hydrogen) atoms. The topological polar surface area (TPSA) is 37.9 Å². The summed E-state index contributed by atoms with van der Waals surface area (Å²) >= 11 is 0. The van der Waals surface area contributed by atoms with Gasteiger partial charge in [0.1, 0.15) is 12.0 Å². The van der Waals surface area contributed by atoms with Crippen molar-refractivity contribution in [2.24, 2.45) is 0 Å². The van der Waals surface area contributed by atoms with Crippen LogP contribution in [0, 0.1) is 19.7 Å². The number of aromatic nitrogens is 2. The maximum absolute atomic E-state index is 13.3. The summed E-state index contributed by atoms with van der Waals surface area (Å²) in [6.07, 6.45) is 4.01. The minimum atomic E-state index is -0.243. The van der Waals surface area contributed by atoms with Gasteiger partial charge in [-0.2, -0.15) is 0 Å². The Bertz CT molecular complexity index is 1010. The second-order valence-corrected chi connectivity index (χ2v) is 7.12. The van der Waals surface area contributed by atoms with E-state index < -0.39 is 0 Å². The first-order valence-corrected chi connectivity index (χ1v) is 9.27. The second-order valence-electron chi connectivity index (χ2n) is 7.12. The summed E-state index contributed by atoms with van der Waals surface area (Å²) in [5.41, 5.74) is 5.10. The Morgan fingerprint density at radius 3 is 2.74 bits per heavy atom. The molecule has 138 valence electrons. The van der Waals surface area contributed by atoms with Gasteiger partial charge in [0.2, 0.25) is 0 Å². The molecule has 2 heterocycles. The summed E-state index contributed by atoms with van der Waals surface area (Å²) < 4.78 is 17.5. The molecule has 4 nitrogen and oxygen atoms in total. The fraction of sp³-hybridized carbons (Fsp3) is 0.273. The highest BCUT2D eigenvalue weighted by Gasteiger charge is 2.29. The Morgan fingerprint density at radius 2 is 1.96 bits per heavy atom. The molecule has 0 fully saturated rings. The van der Waals surface area contributed by atoms with Crippen molar-refractivity contribution in [2.75, 3.05) is 5.32 Å². The minimum absolute atomic E-state index is 0.0420. The Labute approximate surface area is 158 Å². The van der Waals surface area contributed by atoms with E-state index in [0.717, 1.165) is 53.3 Å². The van der Waals surface area contributed by atoms with Crippen molar-refractivity contribution in [3.8, 4) is 11.3 Å². The second kappa shape index (κ2) is 6.99. The Hall–Kier alpha value is -2.95. The maximum atomic E-state index is 13.3. The molecule has 0 unspecified atom stereocenters. The van der Waals surface area contributed by atoms with Gasteiger partial charge in [-0.15, -0.1) is 0 Å². The summed E-state index contributed by atoms with van der Waals surface area (Å²) in [6, 6.07) is 12.4. The van der Waals surface area contributed by atoms with Gasteiger partial charge < -0.3 is 5.32 Å². The third kappa shape index (κ3) is 3.37. The number of hydrogen-bond donors (Lipinski definition) is 1. The quantitative estimate of drug-likeness (QED) is 0.703. The molecular formula is C22H23FN3O+. The first-order valence-electron chi connectivity index (χ1n) is 9.27. The van der Waals surface area contributed by atoms with Crippen LogP contribution in [0.1, 0.15) is 23.4 Å². The zero-order valence-corrected chi connectivity index (χ0v) is 15.6. The van der Waals surface area contributed by atoms with Crippen LogP contribution in [-0.4, -0.2) is 10.5 Å². The Balaban J connectivity index is 1.59. The third-order valence-electron chi connectivity index (χ3n) is 5.33. The predicted molar refractivity (Wildman–Crippen MR) is 103 cm³/mol. The highest BCUT2D eigenvalue weighted by molar-refractivity contribution is 5.90. The average molecular weight is 364 g/mol. The molecule has 0 bridgehead atoms. The zero-order valence-electron chi connectivity index (χ0n) is 15.6. The summed E-state index contributed by atoms with van der Waals surface area (Å²) in [7, 11) is 0. The molecule has 0 spiro atoms. The zero-order chi connectivity index (χ0) is 19.0. The van der Waals surface area contributed by atoms with Crippen LogP contribution >= 0.6 is 0 Å². The number of hydrogen-bond acceptors (Lipinski definition) is 1. The van der Waals surface area contributed by atoms with Crippen LogP contribution in [0.2, 0.25) is 0 Å². The van der Waals surface area contributed by atoms with E-state index >= 15 is 0 Å². The van der Waals surface area contributed by atoms with Gasteiger partial charge in [-0.05, 0) is 61.7 Å². The van der Waals surface area contributed by atoms with Crippen molar-refractivity contribution in [3.05, 3.63) is 71.4 Å². The molecule has 1 N–H and O–H groups in total. The van der Waals surface area contributed by atoms with E-state index in [-0.39, 0.29) is 18.3 Å². The van der Waals surface area contributed by atoms with Crippen molar-refractivity contribution in [3.63, 3.8) is 0 Å². The van der Waals surface area contributed by atoms with Crippen molar-refractivity contribution in [2.45, 2.75) is 39.8 Å². The molecule has 0 radical (unpaired) electrons. The van der Waals surface area contributed by atoms with Gasteiger partial charge in [0.05, 0.1) is 13.0 Å². The fourth-order valence-corrected chi connectivity index (χ4v) is 3.73. The largest absolute Gasteiger partial charge is 0.322 e. The van der Waals surface area contributed by atoms with Crippen LogP contribution in [-0.2, 0) is 24.3 Å². The van der Waals surface area contributed by atoms with Crippen LogP contribution in [0.15, 0.2) is 48.7 Å². The number of carbonyl (C=O) groups is 1. The first-order chi connectivity index (χ1) is 13.0. The number of nitrogens with zero attached hydrogens (tertiary/aromatic N) is 2. The third-order valence-corrected chi connectivity index (χ3v) is 5.33. The highest BCUT2D eigenvalue weighted by atomic mass is 19.1. The molecule has 1 amide bonds. The first kappa shape index (κ1) is 17.5. The van der Waals surface area contributed by atoms with Gasteiger partial charge in [0.25, 0.3) is 11.7 Å². The Morgan fingerprint density at radius 1 is 1.19 bits per heavy atom. The Kier molecular flexibility index (Phi) is 4.52. The molecular weight excluding hydrogens is 341 g/mol. The van der Waals surface area contributed by atoms with Crippen molar-refractivity contribution in [1.29, 1.82) is 0 Å². The lowest BCUT2D eigenvalue weighted by molar-refractivity contribution is -0.690. The van der Waals surface area contributed by atoms with E-state index in [0.29, 0.717) is 0 Å². The van der Waals surface area contributed by atoms with Gasteiger partial charge >= 0.3 is 0 Å². The van der Waals surface area contributed by atoms with Gasteiger partial charge in [0.15, 0.2) is 12.2 Å². The molecule has 2 aromatic carbocycles. The lowest BCUT2D eigenvalue weighted by Crippen LogP contribution is -2.42. The van der Waals surface area contributed by atoms with Gasteiger partial charge in [0, 0.05) is 11.3 Å². The molecule has 0 saturated heterocycles. The highest BCUT2D eigenvalue weighted by Crippen LogP contribution is 2.25. The lowest BCUT2D eigenvalue weighted by atomic mass is 10.1. The van der Waals surface area contributed by atoms with Crippen LogP contribution in [0.3, 0.4) is 0 Å². The molecule has 0 saturated carbocycles. The van der Waals surface area contributed by atoms with Crippen molar-refractivity contribution in [1.82, 2.24) is 4.57 Å². The molecule has 3 aromatic rings. The normalized spacial score (nSPS) is 12.9. The number of aryl methyl sites for hydroxylation is 1. The number of anilines is 1. The van der Waals surface area contributed by atoms with Crippen molar-refractivity contribution < 1.29 is 13.8 Å². The van der Waals surface area contributed by atoms with Crippen molar-refractivity contribution >= 4 is 11.6 Å². The van der Waals surface area contributed by atoms with Gasteiger partial charge in [-0.1, -0.05) is 12.1 Å². The van der Waals surface area contributed by atoms with Crippen LogP contribution in [0.5, 0.6) is 0 Å². The van der Waals surface area contributed by atoms with Gasteiger partial charge in [-0.25, -0.2) is 13.5 Å². The van der Waals surface area contributed by atoms with E-state index in [1.165, 1.54) is 12.1 Å². The monoisotopic (exact) mass is 364 g/mol. The van der Waals surface area contributed by atoms with E-state index in [1.807, 2.05) is 42.8 Å². The molecule has 1 aliphatic heterocycles. The summed E-state index contributed by atoms with van der Waals surface area (Å²) in [5, 5.41) is 3.03. The van der Waals surface area contributed by atoms with E-state index in [2.05, 4.69) is 9.88 Å². The molecule has 0 atom stereocenters. The standard InChI is InChI=1S/C22H22FN3O/c1-15-5-3-6-19(16(15)2)24-21(27)14-25-13-20(26-12-4-7-22(25)26)17-8-10-18(23)11-9-17/h3,5-6,8-11,13H,4,7,12,14H2,1-2H3/p+1. The maximum Gasteiger partial charge on any atom is 0.266 e. The predicted octanol–water partition coefficient (Wildman–Crippen LogP) is 3.78. The fourth-order valence-electron chi connectivity index (χ4n) is 3.73. The van der Waals surface area contributed by atoms with Crippen LogP contribution in [0.25, 0.3) is 11.3 Å². The number of nitrogens with one attached hydrogen (secondary N) is 1.